The number of carbonyl (C=O) groups excluding carboxylic acids is 2. The third kappa shape index (κ3) is 4.65. The number of nitrogens with zero attached hydrogens (tertiary/aromatic N) is 1. The molecule has 2 aromatic rings. The molecule has 26 heavy (non-hydrogen) atoms. The minimum absolute atomic E-state index is 0.0592. The Kier molecular flexibility index (Phi) is 6.30. The highest BCUT2D eigenvalue weighted by Gasteiger charge is 2.29. The number of hydrogen-bond acceptors (Lipinski definition) is 4. The molecule has 1 aliphatic rings. The van der Waals surface area contributed by atoms with E-state index in [9.17, 15) is 9.59 Å². The lowest BCUT2D eigenvalue weighted by atomic mass is 10.1. The number of morpholine rings is 1. The van der Waals surface area contributed by atoms with E-state index in [2.05, 4.69) is 5.32 Å². The van der Waals surface area contributed by atoms with Gasteiger partial charge in [0, 0.05) is 29.1 Å². The highest BCUT2D eigenvalue weighted by atomic mass is 32.2. The number of thioether (sulfide) groups is 1. The quantitative estimate of drug-likeness (QED) is 0.821. The van der Waals surface area contributed by atoms with Crippen LogP contribution in [0.4, 0.5) is 5.69 Å². The highest BCUT2D eigenvalue weighted by molar-refractivity contribution is 7.98. The van der Waals surface area contributed by atoms with Crippen molar-refractivity contribution in [2.75, 3.05) is 31.3 Å². The number of nitrogens with one attached hydrogen (secondary N) is 1. The fraction of sp³-hybridized carbons (Fsp3) is 0.300. The van der Waals surface area contributed by atoms with Gasteiger partial charge in [-0.2, -0.15) is 0 Å². The van der Waals surface area contributed by atoms with E-state index in [1.807, 2.05) is 48.7 Å². The zero-order valence-corrected chi connectivity index (χ0v) is 15.5. The Balaban J connectivity index is 1.66. The molecular weight excluding hydrogens is 348 g/mol. The lowest BCUT2D eigenvalue weighted by molar-refractivity contribution is -0.118. The second-order valence-electron chi connectivity index (χ2n) is 6.08. The fourth-order valence-electron chi connectivity index (χ4n) is 2.96. The molecule has 0 saturated carbocycles. The van der Waals surface area contributed by atoms with Gasteiger partial charge in [0.15, 0.2) is 0 Å². The first-order valence-electron chi connectivity index (χ1n) is 8.55. The number of benzene rings is 2. The summed E-state index contributed by atoms with van der Waals surface area (Å²) >= 11 is 1.62. The molecule has 1 atom stereocenters. The summed E-state index contributed by atoms with van der Waals surface area (Å²) in [6, 6.07) is 16.6. The van der Waals surface area contributed by atoms with Gasteiger partial charge in [-0.3, -0.25) is 9.59 Å². The summed E-state index contributed by atoms with van der Waals surface area (Å²) < 4.78 is 5.51. The van der Waals surface area contributed by atoms with Gasteiger partial charge in [-0.25, -0.2) is 0 Å². The van der Waals surface area contributed by atoms with E-state index in [4.69, 9.17) is 4.74 Å². The standard InChI is InChI=1S/C20H22N2O3S/c1-26-18-9-5-8-16(12-18)21-19(23)13-17-14-25-11-10-22(17)20(24)15-6-3-2-4-7-15/h2-9,12,17H,10-11,13-14H2,1H3,(H,21,23). The molecule has 2 amide bonds. The molecule has 0 bridgehead atoms. The van der Waals surface area contributed by atoms with Crippen molar-refractivity contribution < 1.29 is 14.3 Å². The van der Waals surface area contributed by atoms with Crippen LogP contribution in [0.15, 0.2) is 59.5 Å². The summed E-state index contributed by atoms with van der Waals surface area (Å²) in [5, 5.41) is 2.92. The van der Waals surface area contributed by atoms with Crippen LogP contribution in [0, 0.1) is 0 Å². The Morgan fingerprint density at radius 3 is 2.77 bits per heavy atom. The molecule has 0 spiro atoms. The van der Waals surface area contributed by atoms with Crippen LogP contribution in [0.3, 0.4) is 0 Å². The van der Waals surface area contributed by atoms with Crippen LogP contribution in [0.5, 0.6) is 0 Å². The molecule has 0 radical (unpaired) electrons. The van der Waals surface area contributed by atoms with Gasteiger partial charge in [0.25, 0.3) is 5.91 Å². The molecule has 2 aromatic carbocycles. The van der Waals surface area contributed by atoms with Crippen molar-refractivity contribution in [3.05, 3.63) is 60.2 Å². The smallest absolute Gasteiger partial charge is 0.254 e. The first-order chi connectivity index (χ1) is 12.7. The summed E-state index contributed by atoms with van der Waals surface area (Å²) in [6.07, 6.45) is 2.20. The van der Waals surface area contributed by atoms with Crippen molar-refractivity contribution in [2.45, 2.75) is 17.4 Å². The Hall–Kier alpha value is -2.31. The monoisotopic (exact) mass is 370 g/mol. The van der Waals surface area contributed by atoms with E-state index in [0.29, 0.717) is 25.3 Å². The predicted octanol–water partition coefficient (Wildman–Crippen LogP) is 3.28. The van der Waals surface area contributed by atoms with Gasteiger partial charge in [0.1, 0.15) is 0 Å². The van der Waals surface area contributed by atoms with Crippen molar-refractivity contribution >= 4 is 29.3 Å². The van der Waals surface area contributed by atoms with E-state index in [1.54, 1.807) is 28.8 Å². The summed E-state index contributed by atoms with van der Waals surface area (Å²) in [5.41, 5.74) is 1.40. The second-order valence-corrected chi connectivity index (χ2v) is 6.96. The van der Waals surface area contributed by atoms with Crippen LogP contribution in [0.2, 0.25) is 0 Å². The molecule has 3 rings (SSSR count). The lowest BCUT2D eigenvalue weighted by Gasteiger charge is -2.35. The first-order valence-corrected chi connectivity index (χ1v) is 9.77. The predicted molar refractivity (Wildman–Crippen MR) is 104 cm³/mol. The molecular formula is C20H22N2O3S. The van der Waals surface area contributed by atoms with E-state index in [1.165, 1.54) is 0 Å². The van der Waals surface area contributed by atoms with Crippen molar-refractivity contribution in [2.24, 2.45) is 0 Å². The minimum atomic E-state index is -0.264. The lowest BCUT2D eigenvalue weighted by Crippen LogP contribution is -2.50. The van der Waals surface area contributed by atoms with Gasteiger partial charge < -0.3 is 15.0 Å². The van der Waals surface area contributed by atoms with Crippen LogP contribution in [0.1, 0.15) is 16.8 Å². The zero-order chi connectivity index (χ0) is 18.4. The van der Waals surface area contributed by atoms with Gasteiger partial charge in [-0.1, -0.05) is 24.3 Å². The number of hydrogen-bond donors (Lipinski definition) is 1. The fourth-order valence-corrected chi connectivity index (χ4v) is 3.42. The third-order valence-corrected chi connectivity index (χ3v) is 5.01. The Bertz CT molecular complexity index is 767. The molecule has 0 aromatic heterocycles. The summed E-state index contributed by atoms with van der Waals surface area (Å²) in [6.45, 7) is 1.36. The molecule has 1 saturated heterocycles. The topological polar surface area (TPSA) is 58.6 Å². The molecule has 0 aliphatic carbocycles. The average molecular weight is 370 g/mol. The molecule has 1 heterocycles. The number of amides is 2. The Labute approximate surface area is 157 Å². The van der Waals surface area contributed by atoms with Crippen LogP contribution in [-0.4, -0.2) is 48.8 Å². The van der Waals surface area contributed by atoms with Gasteiger partial charge in [-0.05, 0) is 36.6 Å². The van der Waals surface area contributed by atoms with Crippen LogP contribution < -0.4 is 5.32 Å². The first kappa shape index (κ1) is 18.5. The normalized spacial score (nSPS) is 17.0. The molecule has 136 valence electrons. The zero-order valence-electron chi connectivity index (χ0n) is 14.7. The van der Waals surface area contributed by atoms with E-state index < -0.39 is 0 Å². The molecule has 1 fully saturated rings. The van der Waals surface area contributed by atoms with Gasteiger partial charge in [-0.15, -0.1) is 11.8 Å². The maximum atomic E-state index is 12.8. The van der Waals surface area contributed by atoms with Crippen molar-refractivity contribution in [1.29, 1.82) is 0 Å². The molecule has 1 N–H and O–H groups in total. The Morgan fingerprint density at radius 2 is 2.00 bits per heavy atom. The molecule has 1 aliphatic heterocycles. The highest BCUT2D eigenvalue weighted by Crippen LogP contribution is 2.20. The summed E-state index contributed by atoms with van der Waals surface area (Å²) in [4.78, 5) is 28.1. The maximum absolute atomic E-state index is 12.8. The van der Waals surface area contributed by atoms with Gasteiger partial charge in [0.05, 0.1) is 19.3 Å². The van der Waals surface area contributed by atoms with E-state index in [0.717, 1.165) is 10.6 Å². The van der Waals surface area contributed by atoms with E-state index >= 15 is 0 Å². The number of rotatable bonds is 5. The molecule has 5 nitrogen and oxygen atoms in total. The maximum Gasteiger partial charge on any atom is 0.254 e. The van der Waals surface area contributed by atoms with Crippen molar-refractivity contribution in [3.8, 4) is 0 Å². The number of anilines is 1. The minimum Gasteiger partial charge on any atom is -0.377 e. The van der Waals surface area contributed by atoms with Crippen LogP contribution in [-0.2, 0) is 9.53 Å². The van der Waals surface area contributed by atoms with Gasteiger partial charge in [0.2, 0.25) is 5.91 Å². The summed E-state index contributed by atoms with van der Waals surface area (Å²) in [5.74, 6) is -0.180. The molecule has 6 heteroatoms. The number of ether oxygens (including phenoxy) is 1. The number of carbonyl (C=O) groups is 2. The SMILES string of the molecule is CSc1cccc(NC(=O)CC2COCCN2C(=O)c2ccccc2)c1. The second kappa shape index (κ2) is 8.87. The van der Waals surface area contributed by atoms with Crippen LogP contribution in [0.25, 0.3) is 0 Å². The summed E-state index contributed by atoms with van der Waals surface area (Å²) in [7, 11) is 0. The average Bonchev–Trinajstić information content (AvgIpc) is 2.68. The largest absolute Gasteiger partial charge is 0.377 e. The Morgan fingerprint density at radius 1 is 1.19 bits per heavy atom. The van der Waals surface area contributed by atoms with Crippen molar-refractivity contribution in [1.82, 2.24) is 4.90 Å². The van der Waals surface area contributed by atoms with Crippen molar-refractivity contribution in [3.63, 3.8) is 0 Å². The van der Waals surface area contributed by atoms with Gasteiger partial charge >= 0.3 is 0 Å². The molecule has 1 unspecified atom stereocenters. The van der Waals surface area contributed by atoms with E-state index in [-0.39, 0.29) is 24.3 Å². The van der Waals surface area contributed by atoms with Crippen LogP contribution >= 0.6 is 11.8 Å². The third-order valence-electron chi connectivity index (χ3n) is 4.28.